The number of nitrogens with one attached hydrogen (secondary N) is 1. The van der Waals surface area contributed by atoms with Gasteiger partial charge >= 0.3 is 0 Å². The van der Waals surface area contributed by atoms with Gasteiger partial charge in [-0.2, -0.15) is 0 Å². The van der Waals surface area contributed by atoms with Gasteiger partial charge in [0.25, 0.3) is 0 Å². The number of aromatic nitrogens is 4. The van der Waals surface area contributed by atoms with E-state index in [-0.39, 0.29) is 5.91 Å². The van der Waals surface area contributed by atoms with Crippen LogP contribution in [0.3, 0.4) is 0 Å². The Hall–Kier alpha value is -1.50. The van der Waals surface area contributed by atoms with Crippen LogP contribution in [0.25, 0.3) is 0 Å². The van der Waals surface area contributed by atoms with Crippen molar-refractivity contribution < 1.29 is 4.79 Å². The molecule has 0 bridgehead atoms. The molecule has 1 N–H and O–H groups in total. The first-order chi connectivity index (χ1) is 11.3. The first-order valence-electron chi connectivity index (χ1n) is 9.05. The van der Waals surface area contributed by atoms with Crippen molar-refractivity contribution in [3.05, 3.63) is 6.33 Å². The zero-order chi connectivity index (χ0) is 15.9. The fourth-order valence-electron chi connectivity index (χ4n) is 3.89. The van der Waals surface area contributed by atoms with Gasteiger partial charge in [0.2, 0.25) is 5.91 Å². The number of hydrogen-bond donors (Lipinski definition) is 1. The smallest absolute Gasteiger partial charge is 0.220 e. The Kier molecular flexibility index (Phi) is 5.96. The summed E-state index contributed by atoms with van der Waals surface area (Å²) in [6, 6.07) is 1.08. The van der Waals surface area contributed by atoms with Gasteiger partial charge < -0.3 is 5.32 Å². The Morgan fingerprint density at radius 3 is 2.83 bits per heavy atom. The lowest BCUT2D eigenvalue weighted by molar-refractivity contribution is -0.122. The number of nitrogens with zero attached hydrogens (tertiary/aromatic N) is 5. The maximum Gasteiger partial charge on any atom is 0.220 e. The number of amides is 1. The second-order valence-electron chi connectivity index (χ2n) is 6.87. The third kappa shape index (κ3) is 4.99. The Balaban J connectivity index is 1.37. The van der Waals surface area contributed by atoms with E-state index in [1.807, 2.05) is 0 Å². The average Bonchev–Trinajstić information content (AvgIpc) is 3.09. The molecule has 1 aliphatic carbocycles. The molecule has 7 nitrogen and oxygen atoms in total. The number of tetrazole rings is 1. The number of aryl methyl sites for hydroxylation is 1. The quantitative estimate of drug-likeness (QED) is 0.856. The molecule has 1 saturated carbocycles. The molecule has 1 aromatic rings. The molecule has 2 aliphatic rings. The van der Waals surface area contributed by atoms with Crippen LogP contribution in [-0.4, -0.2) is 56.2 Å². The molecule has 2 fully saturated rings. The zero-order valence-electron chi connectivity index (χ0n) is 13.9. The molecular formula is C16H28N6O. The van der Waals surface area contributed by atoms with Gasteiger partial charge in [0, 0.05) is 31.6 Å². The first-order valence-corrected chi connectivity index (χ1v) is 9.05. The summed E-state index contributed by atoms with van der Waals surface area (Å²) in [6.07, 6.45) is 12.0. The molecule has 1 atom stereocenters. The molecule has 0 aromatic carbocycles. The molecule has 1 aromatic heterocycles. The summed E-state index contributed by atoms with van der Waals surface area (Å²) in [7, 11) is 0. The van der Waals surface area contributed by atoms with Crippen LogP contribution in [0, 0.1) is 0 Å². The van der Waals surface area contributed by atoms with Crippen LogP contribution in [0.4, 0.5) is 0 Å². The van der Waals surface area contributed by atoms with E-state index in [0.29, 0.717) is 19.0 Å². The Labute approximate surface area is 137 Å². The number of likely N-dealkylation sites (tertiary alicyclic amines) is 1. The van der Waals surface area contributed by atoms with Crippen LogP contribution >= 0.6 is 0 Å². The molecule has 0 radical (unpaired) electrons. The molecular weight excluding hydrogens is 292 g/mol. The highest BCUT2D eigenvalue weighted by Gasteiger charge is 2.27. The van der Waals surface area contributed by atoms with E-state index < -0.39 is 0 Å². The molecule has 128 valence electrons. The summed E-state index contributed by atoms with van der Waals surface area (Å²) in [5.74, 6) is 0.161. The van der Waals surface area contributed by atoms with Crippen LogP contribution in [0.5, 0.6) is 0 Å². The second-order valence-corrected chi connectivity index (χ2v) is 6.87. The van der Waals surface area contributed by atoms with E-state index in [4.69, 9.17) is 0 Å². The normalized spacial score (nSPS) is 23.7. The summed E-state index contributed by atoms with van der Waals surface area (Å²) >= 11 is 0. The van der Waals surface area contributed by atoms with E-state index in [1.54, 1.807) is 11.0 Å². The SMILES string of the molecule is O=C(CCCn1cnnn1)N[C@@H]1CCCN(C2CCCCC2)C1. The lowest BCUT2D eigenvalue weighted by Gasteiger charge is -2.40. The van der Waals surface area contributed by atoms with Gasteiger partial charge in [0.1, 0.15) is 6.33 Å². The van der Waals surface area contributed by atoms with E-state index in [1.165, 1.54) is 45.1 Å². The topological polar surface area (TPSA) is 75.9 Å². The highest BCUT2D eigenvalue weighted by Crippen LogP contribution is 2.25. The summed E-state index contributed by atoms with van der Waals surface area (Å²) in [6.45, 7) is 2.93. The minimum Gasteiger partial charge on any atom is -0.352 e. The second kappa shape index (κ2) is 8.38. The van der Waals surface area contributed by atoms with Crippen molar-refractivity contribution in [2.45, 2.75) is 76.4 Å². The highest BCUT2D eigenvalue weighted by atomic mass is 16.1. The Bertz CT molecular complexity index is 471. The van der Waals surface area contributed by atoms with Gasteiger partial charge in [-0.05, 0) is 49.1 Å². The van der Waals surface area contributed by atoms with Crippen LogP contribution in [0.1, 0.15) is 57.8 Å². The fourth-order valence-corrected chi connectivity index (χ4v) is 3.89. The first kappa shape index (κ1) is 16.4. The van der Waals surface area contributed by atoms with Crippen molar-refractivity contribution in [1.29, 1.82) is 0 Å². The molecule has 2 heterocycles. The standard InChI is InChI=1S/C16H28N6O/c23-16(9-5-11-22-13-17-19-20-22)18-14-6-4-10-21(12-14)15-7-2-1-3-8-15/h13-15H,1-12H2,(H,18,23)/t14-/m1/s1. The van der Waals surface area contributed by atoms with Crippen molar-refractivity contribution >= 4 is 5.91 Å². The minimum absolute atomic E-state index is 0.161. The highest BCUT2D eigenvalue weighted by molar-refractivity contribution is 5.76. The zero-order valence-corrected chi connectivity index (χ0v) is 13.9. The van der Waals surface area contributed by atoms with E-state index in [0.717, 1.165) is 25.4 Å². The van der Waals surface area contributed by atoms with Gasteiger partial charge in [-0.3, -0.25) is 9.69 Å². The van der Waals surface area contributed by atoms with Crippen molar-refractivity contribution in [3.63, 3.8) is 0 Å². The van der Waals surface area contributed by atoms with Crippen molar-refractivity contribution in [2.24, 2.45) is 0 Å². The summed E-state index contributed by atoms with van der Waals surface area (Å²) in [4.78, 5) is 14.8. The minimum atomic E-state index is 0.161. The molecule has 23 heavy (non-hydrogen) atoms. The predicted molar refractivity (Wildman–Crippen MR) is 86.7 cm³/mol. The van der Waals surface area contributed by atoms with E-state index in [2.05, 4.69) is 25.7 Å². The third-order valence-electron chi connectivity index (χ3n) is 5.09. The number of hydrogen-bond acceptors (Lipinski definition) is 5. The van der Waals surface area contributed by atoms with Crippen molar-refractivity contribution in [2.75, 3.05) is 13.1 Å². The number of piperidine rings is 1. The maximum atomic E-state index is 12.1. The summed E-state index contributed by atoms with van der Waals surface area (Å²) in [5, 5.41) is 14.2. The van der Waals surface area contributed by atoms with Crippen LogP contribution < -0.4 is 5.32 Å². The van der Waals surface area contributed by atoms with Crippen LogP contribution in [0.15, 0.2) is 6.33 Å². The van der Waals surface area contributed by atoms with Gasteiger partial charge in [0.15, 0.2) is 0 Å². The van der Waals surface area contributed by atoms with Crippen molar-refractivity contribution in [1.82, 2.24) is 30.4 Å². The lowest BCUT2D eigenvalue weighted by atomic mass is 9.92. The third-order valence-corrected chi connectivity index (χ3v) is 5.09. The molecule has 1 amide bonds. The molecule has 1 saturated heterocycles. The van der Waals surface area contributed by atoms with Gasteiger partial charge in [-0.25, -0.2) is 4.68 Å². The number of rotatable bonds is 6. The van der Waals surface area contributed by atoms with Gasteiger partial charge in [0.05, 0.1) is 0 Å². The monoisotopic (exact) mass is 320 g/mol. The molecule has 7 heteroatoms. The van der Waals surface area contributed by atoms with E-state index >= 15 is 0 Å². The summed E-state index contributed by atoms with van der Waals surface area (Å²) < 4.78 is 1.67. The predicted octanol–water partition coefficient (Wildman–Crippen LogP) is 1.37. The van der Waals surface area contributed by atoms with Crippen LogP contribution in [0.2, 0.25) is 0 Å². The van der Waals surface area contributed by atoms with Crippen LogP contribution in [-0.2, 0) is 11.3 Å². The van der Waals surface area contributed by atoms with E-state index in [9.17, 15) is 4.79 Å². The molecule has 3 rings (SSSR count). The Morgan fingerprint density at radius 1 is 1.17 bits per heavy atom. The molecule has 0 unspecified atom stereocenters. The fraction of sp³-hybridized carbons (Fsp3) is 0.875. The Morgan fingerprint density at radius 2 is 2.04 bits per heavy atom. The van der Waals surface area contributed by atoms with Gasteiger partial charge in [-0.15, -0.1) is 5.10 Å². The molecule has 1 aliphatic heterocycles. The summed E-state index contributed by atoms with van der Waals surface area (Å²) in [5.41, 5.74) is 0. The largest absolute Gasteiger partial charge is 0.352 e. The number of carbonyl (C=O) groups excluding carboxylic acids is 1. The molecule has 0 spiro atoms. The average molecular weight is 320 g/mol. The number of carbonyl (C=O) groups is 1. The lowest BCUT2D eigenvalue weighted by Crippen LogP contribution is -2.51. The maximum absolute atomic E-state index is 12.1. The van der Waals surface area contributed by atoms with Gasteiger partial charge in [-0.1, -0.05) is 19.3 Å². The van der Waals surface area contributed by atoms with Crippen molar-refractivity contribution in [3.8, 4) is 0 Å².